The molecule has 134 valence electrons. The van der Waals surface area contributed by atoms with E-state index in [1.165, 1.54) is 19.1 Å². The van der Waals surface area contributed by atoms with Crippen LogP contribution in [0.2, 0.25) is 0 Å². The minimum absolute atomic E-state index is 0.0319. The summed E-state index contributed by atoms with van der Waals surface area (Å²) in [5.41, 5.74) is -0.00994. The molecule has 1 aromatic carbocycles. The molecule has 0 radical (unpaired) electrons. The SMILES string of the molecule is Cc1c(NC(=O)[C@@H](C)NC(=O)OC(C)(C)C)cccc1OC(F)F. The van der Waals surface area contributed by atoms with Gasteiger partial charge in [0.1, 0.15) is 17.4 Å². The number of hydrogen-bond acceptors (Lipinski definition) is 4. The number of carbonyl (C=O) groups excluding carboxylic acids is 2. The summed E-state index contributed by atoms with van der Waals surface area (Å²) in [6, 6.07) is 3.52. The van der Waals surface area contributed by atoms with Crippen LogP contribution in [-0.2, 0) is 9.53 Å². The number of alkyl carbamates (subject to hydrolysis) is 1. The van der Waals surface area contributed by atoms with E-state index < -0.39 is 30.3 Å². The zero-order chi connectivity index (χ0) is 18.5. The van der Waals surface area contributed by atoms with Gasteiger partial charge in [0.2, 0.25) is 5.91 Å². The molecule has 24 heavy (non-hydrogen) atoms. The Labute approximate surface area is 139 Å². The maximum absolute atomic E-state index is 12.3. The second-order valence-corrected chi connectivity index (χ2v) is 6.16. The van der Waals surface area contributed by atoms with Gasteiger partial charge in [0, 0.05) is 11.3 Å². The summed E-state index contributed by atoms with van der Waals surface area (Å²) >= 11 is 0. The summed E-state index contributed by atoms with van der Waals surface area (Å²) in [7, 11) is 0. The molecular formula is C16H22F2N2O4. The number of rotatable bonds is 5. The molecular weight excluding hydrogens is 322 g/mol. The van der Waals surface area contributed by atoms with Gasteiger partial charge in [0.25, 0.3) is 0 Å². The van der Waals surface area contributed by atoms with E-state index in [0.717, 1.165) is 0 Å². The zero-order valence-corrected chi connectivity index (χ0v) is 14.3. The van der Waals surface area contributed by atoms with Crippen molar-refractivity contribution in [1.29, 1.82) is 0 Å². The number of carbonyl (C=O) groups is 2. The maximum Gasteiger partial charge on any atom is 0.408 e. The van der Waals surface area contributed by atoms with E-state index in [2.05, 4.69) is 15.4 Å². The van der Waals surface area contributed by atoms with Gasteiger partial charge in [-0.05, 0) is 46.8 Å². The standard InChI is InChI=1S/C16H22F2N2O4/c1-9-11(7-6-8-12(9)23-14(17)18)20-13(21)10(2)19-15(22)24-16(3,4)5/h6-8,10,14H,1-5H3,(H,19,22)(H,20,21)/t10-/m1/s1. The van der Waals surface area contributed by atoms with Crippen molar-refractivity contribution in [3.05, 3.63) is 23.8 Å². The van der Waals surface area contributed by atoms with Crippen molar-refractivity contribution in [2.24, 2.45) is 0 Å². The maximum atomic E-state index is 12.3. The van der Waals surface area contributed by atoms with Gasteiger partial charge < -0.3 is 20.1 Å². The highest BCUT2D eigenvalue weighted by Crippen LogP contribution is 2.26. The first kappa shape index (κ1) is 19.7. The first-order valence-corrected chi connectivity index (χ1v) is 7.34. The lowest BCUT2D eigenvalue weighted by Gasteiger charge is -2.22. The molecule has 0 fully saturated rings. The highest BCUT2D eigenvalue weighted by Gasteiger charge is 2.21. The van der Waals surface area contributed by atoms with E-state index in [9.17, 15) is 18.4 Å². The molecule has 0 saturated heterocycles. The minimum Gasteiger partial charge on any atom is -0.444 e. The van der Waals surface area contributed by atoms with E-state index in [4.69, 9.17) is 4.74 Å². The molecule has 1 atom stereocenters. The number of nitrogens with one attached hydrogen (secondary N) is 2. The molecule has 0 aliphatic carbocycles. The smallest absolute Gasteiger partial charge is 0.408 e. The van der Waals surface area contributed by atoms with Crippen LogP contribution >= 0.6 is 0 Å². The third-order valence-electron chi connectivity index (χ3n) is 2.88. The number of halogens is 2. The predicted octanol–water partition coefficient (Wildman–Crippen LogP) is 3.45. The normalized spacial score (nSPS) is 12.5. The number of hydrogen-bond donors (Lipinski definition) is 2. The van der Waals surface area contributed by atoms with Crippen molar-refractivity contribution in [2.45, 2.75) is 52.9 Å². The average Bonchev–Trinajstić information content (AvgIpc) is 2.40. The molecule has 0 saturated carbocycles. The lowest BCUT2D eigenvalue weighted by Crippen LogP contribution is -2.44. The zero-order valence-electron chi connectivity index (χ0n) is 14.3. The molecule has 8 heteroatoms. The highest BCUT2D eigenvalue weighted by molar-refractivity contribution is 5.97. The summed E-state index contributed by atoms with van der Waals surface area (Å²) < 4.78 is 34.1. The molecule has 0 aliphatic heterocycles. The van der Waals surface area contributed by atoms with Gasteiger partial charge in [0.15, 0.2) is 0 Å². The fourth-order valence-corrected chi connectivity index (χ4v) is 1.76. The van der Waals surface area contributed by atoms with E-state index in [1.807, 2.05) is 0 Å². The monoisotopic (exact) mass is 344 g/mol. The molecule has 0 bridgehead atoms. The van der Waals surface area contributed by atoms with Gasteiger partial charge in [-0.2, -0.15) is 8.78 Å². The number of benzene rings is 1. The topological polar surface area (TPSA) is 76.7 Å². The summed E-state index contributed by atoms with van der Waals surface area (Å²) in [4.78, 5) is 23.8. The van der Waals surface area contributed by atoms with E-state index in [0.29, 0.717) is 11.3 Å². The molecule has 2 N–H and O–H groups in total. The first-order chi connectivity index (χ1) is 11.0. The Hall–Kier alpha value is -2.38. The fourth-order valence-electron chi connectivity index (χ4n) is 1.76. The third-order valence-corrected chi connectivity index (χ3v) is 2.88. The molecule has 1 rings (SSSR count). The van der Waals surface area contributed by atoms with E-state index >= 15 is 0 Å². The van der Waals surface area contributed by atoms with E-state index in [-0.39, 0.29) is 5.75 Å². The van der Waals surface area contributed by atoms with Gasteiger partial charge in [-0.3, -0.25) is 4.79 Å². The molecule has 0 heterocycles. The van der Waals surface area contributed by atoms with Crippen molar-refractivity contribution < 1.29 is 27.8 Å². The van der Waals surface area contributed by atoms with Crippen molar-refractivity contribution in [1.82, 2.24) is 5.32 Å². The second kappa shape index (κ2) is 7.94. The fraction of sp³-hybridized carbons (Fsp3) is 0.500. The highest BCUT2D eigenvalue weighted by atomic mass is 19.3. The third kappa shape index (κ3) is 6.39. The number of anilines is 1. The molecule has 6 nitrogen and oxygen atoms in total. The van der Waals surface area contributed by atoms with E-state index in [1.54, 1.807) is 33.8 Å². The molecule has 0 aliphatic rings. The quantitative estimate of drug-likeness (QED) is 0.858. The van der Waals surface area contributed by atoms with Crippen molar-refractivity contribution in [3.8, 4) is 5.75 Å². The van der Waals surface area contributed by atoms with Crippen LogP contribution in [0, 0.1) is 6.92 Å². The van der Waals surface area contributed by atoms with Crippen molar-refractivity contribution in [3.63, 3.8) is 0 Å². The molecule has 1 aromatic rings. The van der Waals surface area contributed by atoms with Crippen LogP contribution in [0.1, 0.15) is 33.3 Å². The molecule has 0 aromatic heterocycles. The van der Waals surface area contributed by atoms with Crippen LogP contribution in [0.4, 0.5) is 19.3 Å². The van der Waals surface area contributed by atoms with Crippen LogP contribution < -0.4 is 15.4 Å². The van der Waals surface area contributed by atoms with Crippen molar-refractivity contribution in [2.75, 3.05) is 5.32 Å². The second-order valence-electron chi connectivity index (χ2n) is 6.16. The Bertz CT molecular complexity index is 600. The van der Waals surface area contributed by atoms with Crippen LogP contribution in [0.3, 0.4) is 0 Å². The number of amides is 2. The van der Waals surface area contributed by atoms with Crippen molar-refractivity contribution >= 4 is 17.7 Å². The van der Waals surface area contributed by atoms with Gasteiger partial charge in [0.05, 0.1) is 0 Å². The van der Waals surface area contributed by atoms with Gasteiger partial charge in [-0.1, -0.05) is 6.07 Å². The average molecular weight is 344 g/mol. The van der Waals surface area contributed by atoms with Gasteiger partial charge in [-0.25, -0.2) is 4.79 Å². The lowest BCUT2D eigenvalue weighted by molar-refractivity contribution is -0.117. The van der Waals surface area contributed by atoms with Crippen LogP contribution in [0.5, 0.6) is 5.75 Å². The van der Waals surface area contributed by atoms with Crippen LogP contribution in [-0.4, -0.2) is 30.3 Å². The van der Waals surface area contributed by atoms with Gasteiger partial charge >= 0.3 is 12.7 Å². The summed E-state index contributed by atoms with van der Waals surface area (Å²) in [5.74, 6) is -0.547. The lowest BCUT2D eigenvalue weighted by atomic mass is 10.1. The molecule has 2 amide bonds. The number of alkyl halides is 2. The largest absolute Gasteiger partial charge is 0.444 e. The summed E-state index contributed by atoms with van der Waals surface area (Å²) in [5, 5.41) is 4.96. The van der Waals surface area contributed by atoms with Crippen LogP contribution in [0.15, 0.2) is 18.2 Å². The Morgan fingerprint density at radius 3 is 2.38 bits per heavy atom. The minimum atomic E-state index is -2.96. The summed E-state index contributed by atoms with van der Waals surface area (Å²) in [6.07, 6.45) is -0.725. The summed E-state index contributed by atoms with van der Waals surface area (Å²) in [6.45, 7) is 5.18. The molecule has 0 spiro atoms. The number of ether oxygens (including phenoxy) is 2. The predicted molar refractivity (Wildman–Crippen MR) is 85.3 cm³/mol. The molecule has 0 unspecified atom stereocenters. The Morgan fingerprint density at radius 2 is 1.83 bits per heavy atom. The Kier molecular flexibility index (Phi) is 6.51. The first-order valence-electron chi connectivity index (χ1n) is 7.34. The van der Waals surface area contributed by atoms with Gasteiger partial charge in [-0.15, -0.1) is 0 Å². The Balaban J connectivity index is 2.72. The van der Waals surface area contributed by atoms with Crippen LogP contribution in [0.25, 0.3) is 0 Å². The Morgan fingerprint density at radius 1 is 1.21 bits per heavy atom.